The number of nitrogens with one attached hydrogen (secondary N) is 2. The predicted molar refractivity (Wildman–Crippen MR) is 126 cm³/mol. The van der Waals surface area contributed by atoms with E-state index in [-0.39, 0.29) is 17.7 Å². The Bertz CT molecular complexity index is 1160. The summed E-state index contributed by atoms with van der Waals surface area (Å²) in [5.41, 5.74) is 5.09. The fraction of sp³-hybridized carbons (Fsp3) is 0.240. The van der Waals surface area contributed by atoms with Crippen LogP contribution in [0.1, 0.15) is 39.5 Å². The number of sulfonamides is 1. The Morgan fingerprint density at radius 1 is 0.935 bits per heavy atom. The van der Waals surface area contributed by atoms with Crippen LogP contribution in [-0.2, 0) is 22.2 Å². The highest BCUT2D eigenvalue weighted by Gasteiger charge is 2.15. The minimum Gasteiger partial charge on any atom is -0.349 e. The molecule has 0 saturated carbocycles. The van der Waals surface area contributed by atoms with Gasteiger partial charge in [-0.25, -0.2) is 8.42 Å². The summed E-state index contributed by atoms with van der Waals surface area (Å²) in [6.07, 6.45) is 0.723. The molecule has 1 amide bonds. The standard InChI is InChI=1S/C25H28N2O3S/c1-18-12-13-22(19(2)14-18)15-20(3)26-25(28)23-10-7-11-24(16-23)27-31(29,30)17-21-8-5-4-6-9-21/h4-14,16,20,27H,15,17H2,1-3H3,(H,26,28). The first-order chi connectivity index (χ1) is 14.7. The number of carbonyl (C=O) groups is 1. The average molecular weight is 437 g/mol. The average Bonchev–Trinajstić information content (AvgIpc) is 2.70. The van der Waals surface area contributed by atoms with Crippen molar-refractivity contribution in [1.82, 2.24) is 5.32 Å². The van der Waals surface area contributed by atoms with Crippen molar-refractivity contribution in [2.45, 2.75) is 39.0 Å². The second-order valence-corrected chi connectivity index (χ2v) is 9.66. The van der Waals surface area contributed by atoms with Crippen molar-refractivity contribution in [3.63, 3.8) is 0 Å². The van der Waals surface area contributed by atoms with Gasteiger partial charge in [0.25, 0.3) is 5.91 Å². The number of rotatable bonds is 8. The number of aryl methyl sites for hydroxylation is 2. The van der Waals surface area contributed by atoms with Crippen LogP contribution >= 0.6 is 0 Å². The molecule has 3 aromatic carbocycles. The van der Waals surface area contributed by atoms with Gasteiger partial charge in [0.2, 0.25) is 10.0 Å². The van der Waals surface area contributed by atoms with E-state index >= 15 is 0 Å². The molecule has 2 N–H and O–H groups in total. The summed E-state index contributed by atoms with van der Waals surface area (Å²) in [4.78, 5) is 12.7. The second-order valence-electron chi connectivity index (χ2n) is 7.94. The van der Waals surface area contributed by atoms with E-state index < -0.39 is 10.0 Å². The number of hydrogen-bond acceptors (Lipinski definition) is 3. The maximum Gasteiger partial charge on any atom is 0.251 e. The molecule has 1 unspecified atom stereocenters. The lowest BCUT2D eigenvalue weighted by Crippen LogP contribution is -2.34. The highest BCUT2D eigenvalue weighted by atomic mass is 32.2. The lowest BCUT2D eigenvalue weighted by molar-refractivity contribution is 0.0940. The number of benzene rings is 3. The van der Waals surface area contributed by atoms with Crippen LogP contribution in [0.3, 0.4) is 0 Å². The van der Waals surface area contributed by atoms with Gasteiger partial charge in [-0.15, -0.1) is 0 Å². The van der Waals surface area contributed by atoms with Crippen LogP contribution in [0.4, 0.5) is 5.69 Å². The number of anilines is 1. The van der Waals surface area contributed by atoms with Gasteiger partial charge in [0.1, 0.15) is 0 Å². The minimum absolute atomic E-state index is 0.0627. The summed E-state index contributed by atoms with van der Waals surface area (Å²) in [5, 5.41) is 3.00. The maximum absolute atomic E-state index is 12.7. The molecule has 0 radical (unpaired) electrons. The molecule has 0 aromatic heterocycles. The molecule has 5 nitrogen and oxygen atoms in total. The van der Waals surface area contributed by atoms with E-state index in [0.717, 1.165) is 6.42 Å². The lowest BCUT2D eigenvalue weighted by atomic mass is 10.00. The van der Waals surface area contributed by atoms with Crippen LogP contribution in [0.5, 0.6) is 0 Å². The van der Waals surface area contributed by atoms with E-state index in [9.17, 15) is 13.2 Å². The Morgan fingerprint density at radius 2 is 1.68 bits per heavy atom. The normalized spacial score (nSPS) is 12.2. The molecule has 1 atom stereocenters. The first kappa shape index (κ1) is 22.6. The lowest BCUT2D eigenvalue weighted by Gasteiger charge is -2.16. The van der Waals surface area contributed by atoms with Crippen LogP contribution < -0.4 is 10.0 Å². The third kappa shape index (κ3) is 6.69. The van der Waals surface area contributed by atoms with E-state index in [2.05, 4.69) is 42.1 Å². The van der Waals surface area contributed by atoms with Gasteiger partial charge >= 0.3 is 0 Å². The van der Waals surface area contributed by atoms with Gasteiger partial charge in [-0.2, -0.15) is 0 Å². The van der Waals surface area contributed by atoms with Crippen LogP contribution in [0.2, 0.25) is 0 Å². The Labute approximate surface area is 184 Å². The molecule has 0 aliphatic heterocycles. The Kier molecular flexibility index (Phi) is 7.13. The fourth-order valence-corrected chi connectivity index (χ4v) is 4.69. The molecule has 0 saturated heterocycles. The first-order valence-electron chi connectivity index (χ1n) is 10.2. The first-order valence-corrected chi connectivity index (χ1v) is 11.9. The van der Waals surface area contributed by atoms with Crippen molar-refractivity contribution >= 4 is 21.6 Å². The van der Waals surface area contributed by atoms with Crippen molar-refractivity contribution < 1.29 is 13.2 Å². The number of hydrogen-bond donors (Lipinski definition) is 2. The van der Waals surface area contributed by atoms with E-state index in [1.165, 1.54) is 16.7 Å². The predicted octanol–water partition coefficient (Wildman–Crippen LogP) is 4.61. The summed E-state index contributed by atoms with van der Waals surface area (Å²) >= 11 is 0. The van der Waals surface area contributed by atoms with E-state index in [0.29, 0.717) is 16.8 Å². The molecular formula is C25H28N2O3S. The van der Waals surface area contributed by atoms with Crippen molar-refractivity contribution in [2.75, 3.05) is 4.72 Å². The summed E-state index contributed by atoms with van der Waals surface area (Å²) in [6, 6.07) is 21.7. The van der Waals surface area contributed by atoms with Gasteiger partial charge in [0.15, 0.2) is 0 Å². The van der Waals surface area contributed by atoms with Crippen molar-refractivity contribution in [3.05, 3.63) is 101 Å². The van der Waals surface area contributed by atoms with Gasteiger partial charge in [0.05, 0.1) is 5.75 Å². The summed E-state index contributed by atoms with van der Waals surface area (Å²) in [5.74, 6) is -0.363. The highest BCUT2D eigenvalue weighted by Crippen LogP contribution is 2.16. The quantitative estimate of drug-likeness (QED) is 0.542. The molecule has 3 aromatic rings. The smallest absolute Gasteiger partial charge is 0.251 e. The summed E-state index contributed by atoms with van der Waals surface area (Å²) in [7, 11) is -3.58. The zero-order valence-electron chi connectivity index (χ0n) is 18.1. The van der Waals surface area contributed by atoms with Crippen molar-refractivity contribution in [1.29, 1.82) is 0 Å². The van der Waals surface area contributed by atoms with Gasteiger partial charge in [-0.3, -0.25) is 9.52 Å². The topological polar surface area (TPSA) is 75.3 Å². The Hall–Kier alpha value is -3.12. The van der Waals surface area contributed by atoms with Crippen LogP contribution in [0.25, 0.3) is 0 Å². The van der Waals surface area contributed by atoms with Crippen LogP contribution in [-0.4, -0.2) is 20.4 Å². The highest BCUT2D eigenvalue weighted by molar-refractivity contribution is 7.91. The van der Waals surface area contributed by atoms with Gasteiger partial charge in [-0.1, -0.05) is 60.2 Å². The minimum atomic E-state index is -3.58. The zero-order chi connectivity index (χ0) is 22.4. The largest absolute Gasteiger partial charge is 0.349 e. The second kappa shape index (κ2) is 9.79. The molecule has 0 spiro atoms. The number of carbonyl (C=O) groups excluding carboxylic acids is 1. The third-order valence-corrected chi connectivity index (χ3v) is 6.26. The van der Waals surface area contributed by atoms with Gasteiger partial charge < -0.3 is 5.32 Å². The van der Waals surface area contributed by atoms with Crippen LogP contribution in [0, 0.1) is 13.8 Å². The molecule has 31 heavy (non-hydrogen) atoms. The van der Waals surface area contributed by atoms with E-state index in [1.54, 1.807) is 48.5 Å². The Morgan fingerprint density at radius 3 is 2.39 bits per heavy atom. The molecule has 0 heterocycles. The van der Waals surface area contributed by atoms with Crippen LogP contribution in [0.15, 0.2) is 72.8 Å². The summed E-state index contributed by atoms with van der Waals surface area (Å²) < 4.78 is 27.5. The maximum atomic E-state index is 12.7. The molecule has 6 heteroatoms. The Balaban J connectivity index is 1.64. The molecule has 3 rings (SSSR count). The molecule has 0 aliphatic rings. The van der Waals surface area contributed by atoms with E-state index in [4.69, 9.17) is 0 Å². The zero-order valence-corrected chi connectivity index (χ0v) is 18.9. The number of amides is 1. The van der Waals surface area contributed by atoms with Gasteiger partial charge in [0, 0.05) is 17.3 Å². The van der Waals surface area contributed by atoms with Gasteiger partial charge in [-0.05, 0) is 62.1 Å². The molecule has 0 fully saturated rings. The van der Waals surface area contributed by atoms with Crippen molar-refractivity contribution in [2.24, 2.45) is 0 Å². The summed E-state index contributed by atoms with van der Waals surface area (Å²) in [6.45, 7) is 6.09. The van der Waals surface area contributed by atoms with Crippen molar-refractivity contribution in [3.8, 4) is 0 Å². The molecule has 0 aliphatic carbocycles. The van der Waals surface area contributed by atoms with E-state index in [1.807, 2.05) is 13.0 Å². The molecule has 162 valence electrons. The SMILES string of the molecule is Cc1ccc(CC(C)NC(=O)c2cccc(NS(=O)(=O)Cc3ccccc3)c2)c(C)c1. The molecule has 0 bridgehead atoms. The fourth-order valence-electron chi connectivity index (χ4n) is 3.50. The third-order valence-electron chi connectivity index (χ3n) is 5.00. The molecular weight excluding hydrogens is 408 g/mol. The monoisotopic (exact) mass is 436 g/mol.